The molecule has 0 radical (unpaired) electrons. The Morgan fingerprint density at radius 1 is 0.829 bits per heavy atom. The van der Waals surface area contributed by atoms with Crippen LogP contribution in [0, 0.1) is 20.8 Å². The lowest BCUT2D eigenvalue weighted by Gasteiger charge is -2.12. The molecular formula is C31H29NO8S. The highest BCUT2D eigenvalue weighted by atomic mass is 32.3. The molecule has 3 aromatic carbocycles. The highest BCUT2D eigenvalue weighted by Gasteiger charge is 2.18. The van der Waals surface area contributed by atoms with Crippen molar-refractivity contribution < 1.29 is 40.6 Å². The molecule has 41 heavy (non-hydrogen) atoms. The van der Waals surface area contributed by atoms with Gasteiger partial charge in [-0.2, -0.15) is 4.40 Å². The number of benzene rings is 3. The molecule has 0 N–H and O–H groups in total. The van der Waals surface area contributed by atoms with E-state index >= 15 is 0 Å². The highest BCUT2D eigenvalue weighted by Crippen LogP contribution is 2.36. The lowest BCUT2D eigenvalue weighted by atomic mass is 9.97. The molecule has 2 aromatic heterocycles. The van der Waals surface area contributed by atoms with Gasteiger partial charge in [0.1, 0.15) is 5.75 Å². The van der Waals surface area contributed by atoms with E-state index in [9.17, 15) is 22.6 Å². The number of esters is 1. The summed E-state index contributed by atoms with van der Waals surface area (Å²) in [6.45, 7) is 7.32. The number of methoxy groups -OCH3 is 2. The molecule has 5 rings (SSSR count). The van der Waals surface area contributed by atoms with Gasteiger partial charge in [-0.15, -0.1) is 0 Å². The monoisotopic (exact) mass is 575 g/mol. The SMILES string of the molecule is CC(=O)OS(=O)(=O)[O-].COC(=O)c1ccc(-c2cc3c(cc[n+]4c(C)c5cc(C)c(C)cc5cc34)cc2OC)cc1. The first-order valence-electron chi connectivity index (χ1n) is 12.5. The molecule has 0 unspecified atom stereocenters. The van der Waals surface area contributed by atoms with E-state index < -0.39 is 16.4 Å². The topological polar surface area (TPSA) is 123 Å². The number of aryl methyl sites for hydroxylation is 3. The third-order valence-electron chi connectivity index (χ3n) is 6.86. The van der Waals surface area contributed by atoms with Crippen LogP contribution < -0.4 is 9.14 Å². The zero-order valence-corrected chi connectivity index (χ0v) is 24.3. The number of hydrogen-bond donors (Lipinski definition) is 0. The maximum Gasteiger partial charge on any atom is 0.337 e. The molecule has 10 heteroatoms. The van der Waals surface area contributed by atoms with Crippen LogP contribution in [0.2, 0.25) is 0 Å². The Hall–Kier alpha value is -4.54. The van der Waals surface area contributed by atoms with Crippen molar-refractivity contribution in [1.82, 2.24) is 0 Å². The minimum Gasteiger partial charge on any atom is -0.716 e. The lowest BCUT2D eigenvalue weighted by Crippen LogP contribution is -2.25. The predicted octanol–water partition coefficient (Wildman–Crippen LogP) is 5.13. The van der Waals surface area contributed by atoms with Gasteiger partial charge in [-0.05, 0) is 71.6 Å². The van der Waals surface area contributed by atoms with Crippen LogP contribution in [-0.4, -0.2) is 39.1 Å². The van der Waals surface area contributed by atoms with Gasteiger partial charge < -0.3 is 18.2 Å². The van der Waals surface area contributed by atoms with Gasteiger partial charge in [0.2, 0.25) is 5.52 Å². The van der Waals surface area contributed by atoms with Gasteiger partial charge in [0.05, 0.1) is 25.2 Å². The molecule has 9 nitrogen and oxygen atoms in total. The summed E-state index contributed by atoms with van der Waals surface area (Å²) in [6.07, 6.45) is 2.13. The molecule has 0 aliphatic heterocycles. The van der Waals surface area contributed by atoms with Crippen LogP contribution in [0.1, 0.15) is 34.1 Å². The third kappa shape index (κ3) is 6.29. The molecule has 0 amide bonds. The van der Waals surface area contributed by atoms with E-state index in [1.165, 1.54) is 34.7 Å². The molecule has 0 fully saturated rings. The first kappa shape index (κ1) is 29.4. The Morgan fingerprint density at radius 3 is 2.05 bits per heavy atom. The number of pyridine rings is 2. The van der Waals surface area contributed by atoms with E-state index in [4.69, 9.17) is 9.47 Å². The van der Waals surface area contributed by atoms with Gasteiger partial charge in [-0.25, -0.2) is 13.2 Å². The smallest absolute Gasteiger partial charge is 0.337 e. The fourth-order valence-corrected chi connectivity index (χ4v) is 5.04. The standard InChI is InChI=1S/C29H26NO3.C2H4O5S/c1-17-12-23-14-27-25-16-26(20-6-8-21(9-7-20)29(31)33-5)28(32-4)15-22(25)10-11-30(27)19(3)24(23)13-18(17)2;1-2(3)7-8(4,5)6/h6-16H,1-5H3;1H3,(H,4,5,6)/q+1;/p-1. The molecule has 0 atom stereocenters. The summed E-state index contributed by atoms with van der Waals surface area (Å²) < 4.78 is 44.4. The fourth-order valence-electron chi connectivity index (χ4n) is 4.75. The van der Waals surface area contributed by atoms with Gasteiger partial charge in [0, 0.05) is 36.9 Å². The van der Waals surface area contributed by atoms with Crippen molar-refractivity contribution in [3.8, 4) is 16.9 Å². The average molecular weight is 576 g/mol. The second kappa shape index (κ2) is 11.5. The first-order valence-corrected chi connectivity index (χ1v) is 13.9. The zero-order valence-electron chi connectivity index (χ0n) is 23.5. The number of ether oxygens (including phenoxy) is 2. The average Bonchev–Trinajstić information content (AvgIpc) is 2.92. The fraction of sp³-hybridized carbons (Fsp3) is 0.194. The Balaban J connectivity index is 0.000000426. The Morgan fingerprint density at radius 2 is 1.49 bits per heavy atom. The highest BCUT2D eigenvalue weighted by molar-refractivity contribution is 7.81. The van der Waals surface area contributed by atoms with E-state index in [1.807, 2.05) is 12.1 Å². The molecule has 0 saturated carbocycles. The summed E-state index contributed by atoms with van der Waals surface area (Å²) in [4.78, 5) is 21.5. The third-order valence-corrected chi connectivity index (χ3v) is 7.29. The van der Waals surface area contributed by atoms with Crippen LogP contribution in [0.25, 0.3) is 38.2 Å². The number of carbonyl (C=O) groups is 2. The number of aromatic nitrogens is 1. The van der Waals surface area contributed by atoms with Gasteiger partial charge in [-0.1, -0.05) is 18.2 Å². The maximum atomic E-state index is 11.8. The predicted molar refractivity (Wildman–Crippen MR) is 154 cm³/mol. The Kier molecular flexibility index (Phi) is 8.27. The minimum atomic E-state index is -4.82. The molecule has 2 heterocycles. The van der Waals surface area contributed by atoms with Crippen molar-refractivity contribution in [2.45, 2.75) is 27.7 Å². The van der Waals surface area contributed by atoms with E-state index in [-0.39, 0.29) is 5.97 Å². The molecule has 0 saturated heterocycles. The second-order valence-electron chi connectivity index (χ2n) is 9.52. The van der Waals surface area contributed by atoms with Crippen molar-refractivity contribution in [3.05, 3.63) is 89.2 Å². The Labute approximate surface area is 237 Å². The summed E-state index contributed by atoms with van der Waals surface area (Å²) in [6, 6.07) is 20.6. The molecule has 0 bridgehead atoms. The maximum absolute atomic E-state index is 11.8. The van der Waals surface area contributed by atoms with Crippen molar-refractivity contribution in [1.29, 1.82) is 0 Å². The minimum absolute atomic E-state index is 0.345. The molecular weight excluding hydrogens is 546 g/mol. The normalized spacial score (nSPS) is 11.2. The quantitative estimate of drug-likeness (QED) is 0.0722. The van der Waals surface area contributed by atoms with Gasteiger partial charge in [0.15, 0.2) is 11.9 Å². The van der Waals surface area contributed by atoms with Gasteiger partial charge in [-0.3, -0.25) is 4.79 Å². The van der Waals surface area contributed by atoms with Crippen molar-refractivity contribution >= 4 is 49.4 Å². The first-order chi connectivity index (χ1) is 19.3. The molecule has 0 aliphatic rings. The second-order valence-corrected chi connectivity index (χ2v) is 10.5. The number of nitrogens with zero attached hydrogens (tertiary/aromatic N) is 1. The van der Waals surface area contributed by atoms with E-state index in [0.29, 0.717) is 5.56 Å². The lowest BCUT2D eigenvalue weighted by molar-refractivity contribution is -0.516. The molecule has 0 spiro atoms. The number of hydrogen-bond acceptors (Lipinski definition) is 8. The van der Waals surface area contributed by atoms with Crippen LogP contribution in [0.3, 0.4) is 0 Å². The zero-order chi connectivity index (χ0) is 30.1. The van der Waals surface area contributed by atoms with E-state index in [1.54, 1.807) is 19.2 Å². The Bertz CT molecular complexity index is 1930. The number of carbonyl (C=O) groups excluding carboxylic acids is 2. The van der Waals surface area contributed by atoms with Crippen molar-refractivity contribution in [2.24, 2.45) is 0 Å². The molecule has 212 valence electrons. The van der Waals surface area contributed by atoms with E-state index in [2.05, 4.69) is 72.0 Å². The molecule has 0 aliphatic carbocycles. The van der Waals surface area contributed by atoms with Gasteiger partial charge in [0.25, 0.3) is 10.4 Å². The van der Waals surface area contributed by atoms with Crippen LogP contribution in [0.4, 0.5) is 0 Å². The summed E-state index contributed by atoms with van der Waals surface area (Å²) in [7, 11) is -1.75. The van der Waals surface area contributed by atoms with Crippen LogP contribution in [0.15, 0.2) is 66.9 Å². The van der Waals surface area contributed by atoms with Crippen LogP contribution in [-0.2, 0) is 24.1 Å². The number of rotatable bonds is 4. The van der Waals surface area contributed by atoms with Crippen molar-refractivity contribution in [2.75, 3.05) is 14.2 Å². The largest absolute Gasteiger partial charge is 0.716 e. The van der Waals surface area contributed by atoms with Gasteiger partial charge >= 0.3 is 11.9 Å². The number of fused-ring (bicyclic) bond motifs is 4. The summed E-state index contributed by atoms with van der Waals surface area (Å²) in [5.41, 5.74) is 7.44. The van der Waals surface area contributed by atoms with Crippen LogP contribution in [0.5, 0.6) is 5.75 Å². The summed E-state index contributed by atoms with van der Waals surface area (Å²) in [5, 5.41) is 4.77. The van der Waals surface area contributed by atoms with Crippen LogP contribution >= 0.6 is 0 Å². The van der Waals surface area contributed by atoms with Crippen molar-refractivity contribution in [3.63, 3.8) is 0 Å². The summed E-state index contributed by atoms with van der Waals surface area (Å²) in [5.74, 6) is -0.677. The summed E-state index contributed by atoms with van der Waals surface area (Å²) >= 11 is 0. The van der Waals surface area contributed by atoms with E-state index in [0.717, 1.165) is 40.1 Å². The molecule has 5 aromatic rings.